The summed E-state index contributed by atoms with van der Waals surface area (Å²) in [5.41, 5.74) is 4.74. The highest BCUT2D eigenvalue weighted by Gasteiger charge is 2.13. The predicted molar refractivity (Wildman–Crippen MR) is 86.2 cm³/mol. The normalized spacial score (nSPS) is 12.2. The lowest BCUT2D eigenvalue weighted by atomic mass is 10.00. The van der Waals surface area contributed by atoms with Crippen molar-refractivity contribution in [3.63, 3.8) is 0 Å². The molecule has 1 unspecified atom stereocenters. The van der Waals surface area contributed by atoms with E-state index in [4.69, 9.17) is 27.9 Å². The molecule has 0 fully saturated rings. The van der Waals surface area contributed by atoms with Crippen LogP contribution >= 0.6 is 23.2 Å². The molecule has 2 rings (SSSR count). The van der Waals surface area contributed by atoms with Crippen molar-refractivity contribution in [2.75, 3.05) is 7.11 Å². The monoisotopic (exact) mass is 308 g/mol. The quantitative estimate of drug-likeness (QED) is 0.679. The number of methoxy groups -OCH3 is 1. The number of aryl methyl sites for hydroxylation is 2. The lowest BCUT2D eigenvalue weighted by Crippen LogP contribution is -1.98. The second kappa shape index (κ2) is 6.51. The maximum atomic E-state index is 6.51. The summed E-state index contributed by atoms with van der Waals surface area (Å²) in [7, 11) is 1.62. The molecule has 2 aromatic carbocycles. The van der Waals surface area contributed by atoms with Crippen LogP contribution in [0, 0.1) is 13.8 Å². The number of halogens is 2. The third-order valence-electron chi connectivity index (χ3n) is 3.53. The third-order valence-corrected chi connectivity index (χ3v) is 4.25. The number of alkyl halides is 1. The molecule has 0 radical (unpaired) electrons. The fraction of sp³-hybridized carbons (Fsp3) is 0.294. The van der Waals surface area contributed by atoms with E-state index in [1.165, 1.54) is 16.7 Å². The molecular formula is C17H18Cl2O. The summed E-state index contributed by atoms with van der Waals surface area (Å²) in [6, 6.07) is 12.0. The van der Waals surface area contributed by atoms with Crippen molar-refractivity contribution in [1.29, 1.82) is 0 Å². The van der Waals surface area contributed by atoms with Gasteiger partial charge in [-0.05, 0) is 54.7 Å². The molecule has 0 heterocycles. The van der Waals surface area contributed by atoms with Crippen LogP contribution in [-0.2, 0) is 6.42 Å². The maximum Gasteiger partial charge on any atom is 0.120 e. The summed E-state index contributed by atoms with van der Waals surface area (Å²) in [6.07, 6.45) is 0.759. The first-order valence-corrected chi connectivity index (χ1v) is 7.36. The molecule has 0 bridgehead atoms. The summed E-state index contributed by atoms with van der Waals surface area (Å²) in [4.78, 5) is 0. The van der Waals surface area contributed by atoms with Gasteiger partial charge in [0.25, 0.3) is 0 Å². The second-order valence-electron chi connectivity index (χ2n) is 4.98. The summed E-state index contributed by atoms with van der Waals surface area (Å²) in [5.74, 6) is 0.744. The average molecular weight is 309 g/mol. The molecule has 0 aliphatic carbocycles. The molecule has 2 aromatic rings. The number of hydrogen-bond acceptors (Lipinski definition) is 1. The molecule has 0 aromatic heterocycles. The van der Waals surface area contributed by atoms with Crippen LogP contribution in [0.25, 0.3) is 0 Å². The molecule has 0 aliphatic heterocycles. The molecule has 0 spiro atoms. The van der Waals surface area contributed by atoms with Gasteiger partial charge in [-0.3, -0.25) is 0 Å². The molecule has 0 saturated carbocycles. The van der Waals surface area contributed by atoms with E-state index in [0.29, 0.717) is 5.02 Å². The largest absolute Gasteiger partial charge is 0.497 e. The van der Waals surface area contributed by atoms with E-state index >= 15 is 0 Å². The predicted octanol–water partition coefficient (Wildman–Crippen LogP) is 5.49. The van der Waals surface area contributed by atoms with Crippen molar-refractivity contribution in [1.82, 2.24) is 0 Å². The van der Waals surface area contributed by atoms with E-state index in [0.717, 1.165) is 17.7 Å². The fourth-order valence-corrected chi connectivity index (χ4v) is 2.86. The second-order valence-corrected chi connectivity index (χ2v) is 5.91. The number of rotatable bonds is 4. The Morgan fingerprint density at radius 3 is 2.40 bits per heavy atom. The Morgan fingerprint density at radius 2 is 1.80 bits per heavy atom. The first kappa shape index (κ1) is 15.2. The molecule has 0 aliphatic rings. The first-order chi connectivity index (χ1) is 9.51. The number of ether oxygens (including phenoxy) is 1. The molecule has 0 saturated heterocycles. The van der Waals surface area contributed by atoms with Crippen LogP contribution in [0.4, 0.5) is 0 Å². The molecule has 106 valence electrons. The van der Waals surface area contributed by atoms with Crippen LogP contribution in [0.15, 0.2) is 36.4 Å². The average Bonchev–Trinajstić information content (AvgIpc) is 2.42. The van der Waals surface area contributed by atoms with Gasteiger partial charge in [-0.1, -0.05) is 35.9 Å². The molecular weight excluding hydrogens is 291 g/mol. The van der Waals surface area contributed by atoms with Crippen LogP contribution in [0.3, 0.4) is 0 Å². The van der Waals surface area contributed by atoms with E-state index in [-0.39, 0.29) is 5.38 Å². The molecule has 1 atom stereocenters. The summed E-state index contributed by atoms with van der Waals surface area (Å²) >= 11 is 12.8. The topological polar surface area (TPSA) is 9.23 Å². The lowest BCUT2D eigenvalue weighted by Gasteiger charge is -2.14. The molecule has 3 heteroatoms. The highest BCUT2D eigenvalue weighted by molar-refractivity contribution is 6.33. The van der Waals surface area contributed by atoms with Gasteiger partial charge in [-0.2, -0.15) is 0 Å². The van der Waals surface area contributed by atoms with Gasteiger partial charge in [0.2, 0.25) is 0 Å². The Kier molecular flexibility index (Phi) is 4.95. The standard InChI is InChI=1S/C17H18Cl2O/c1-11-4-5-13(8-12(11)2)9-16(18)15-7-6-14(20-3)10-17(15)19/h4-8,10,16H,9H2,1-3H3. The van der Waals surface area contributed by atoms with Crippen molar-refractivity contribution in [2.45, 2.75) is 25.6 Å². The van der Waals surface area contributed by atoms with Crippen LogP contribution in [0.5, 0.6) is 5.75 Å². The van der Waals surface area contributed by atoms with Gasteiger partial charge < -0.3 is 4.74 Å². The molecule has 0 amide bonds. The number of hydrogen-bond donors (Lipinski definition) is 0. The van der Waals surface area contributed by atoms with Gasteiger partial charge in [0.1, 0.15) is 5.75 Å². The Labute approximate surface area is 130 Å². The van der Waals surface area contributed by atoms with E-state index < -0.39 is 0 Å². The minimum Gasteiger partial charge on any atom is -0.497 e. The van der Waals surface area contributed by atoms with Gasteiger partial charge in [0.15, 0.2) is 0 Å². The van der Waals surface area contributed by atoms with Crippen LogP contribution in [0.1, 0.15) is 27.6 Å². The lowest BCUT2D eigenvalue weighted by molar-refractivity contribution is 0.414. The zero-order chi connectivity index (χ0) is 14.7. The number of benzene rings is 2. The Balaban J connectivity index is 2.19. The van der Waals surface area contributed by atoms with Crippen LogP contribution in [-0.4, -0.2) is 7.11 Å². The summed E-state index contributed by atoms with van der Waals surface area (Å²) in [5, 5.41) is 0.503. The van der Waals surface area contributed by atoms with E-state index in [2.05, 4.69) is 32.0 Å². The first-order valence-electron chi connectivity index (χ1n) is 6.55. The Hall–Kier alpha value is -1.18. The Morgan fingerprint density at radius 1 is 1.05 bits per heavy atom. The van der Waals surface area contributed by atoms with Crippen molar-refractivity contribution in [3.05, 3.63) is 63.7 Å². The zero-order valence-electron chi connectivity index (χ0n) is 11.9. The van der Waals surface area contributed by atoms with E-state index in [9.17, 15) is 0 Å². The molecule has 1 nitrogen and oxygen atoms in total. The fourth-order valence-electron chi connectivity index (χ4n) is 2.14. The van der Waals surface area contributed by atoms with Gasteiger partial charge in [-0.15, -0.1) is 11.6 Å². The minimum atomic E-state index is -0.143. The van der Waals surface area contributed by atoms with Gasteiger partial charge in [0.05, 0.1) is 12.5 Å². The van der Waals surface area contributed by atoms with E-state index in [1.54, 1.807) is 13.2 Å². The van der Waals surface area contributed by atoms with Crippen molar-refractivity contribution in [2.24, 2.45) is 0 Å². The van der Waals surface area contributed by atoms with Crippen molar-refractivity contribution >= 4 is 23.2 Å². The van der Waals surface area contributed by atoms with Crippen LogP contribution < -0.4 is 4.74 Å². The van der Waals surface area contributed by atoms with Gasteiger partial charge >= 0.3 is 0 Å². The molecule has 0 N–H and O–H groups in total. The minimum absolute atomic E-state index is 0.143. The summed E-state index contributed by atoms with van der Waals surface area (Å²) in [6.45, 7) is 4.22. The highest BCUT2D eigenvalue weighted by Crippen LogP contribution is 2.33. The molecule has 20 heavy (non-hydrogen) atoms. The zero-order valence-corrected chi connectivity index (χ0v) is 13.4. The smallest absolute Gasteiger partial charge is 0.120 e. The Bertz CT molecular complexity index is 608. The summed E-state index contributed by atoms with van der Waals surface area (Å²) < 4.78 is 5.15. The van der Waals surface area contributed by atoms with E-state index in [1.807, 2.05) is 12.1 Å². The van der Waals surface area contributed by atoms with Crippen molar-refractivity contribution in [3.8, 4) is 5.75 Å². The van der Waals surface area contributed by atoms with Gasteiger partial charge in [0, 0.05) is 5.02 Å². The van der Waals surface area contributed by atoms with Crippen molar-refractivity contribution < 1.29 is 4.74 Å². The third kappa shape index (κ3) is 3.47. The maximum absolute atomic E-state index is 6.51. The SMILES string of the molecule is COc1ccc(C(Cl)Cc2ccc(C)c(C)c2)c(Cl)c1. The van der Waals surface area contributed by atoms with Crippen LogP contribution in [0.2, 0.25) is 5.02 Å². The van der Waals surface area contributed by atoms with Gasteiger partial charge in [-0.25, -0.2) is 0 Å². The highest BCUT2D eigenvalue weighted by atomic mass is 35.5.